The predicted molar refractivity (Wildman–Crippen MR) is 61.9 cm³/mol. The molecule has 4 nitrogen and oxygen atoms in total. The summed E-state index contributed by atoms with van der Waals surface area (Å²) in [6.07, 6.45) is 2.56. The molecule has 4 rings (SSSR count). The third-order valence-electron chi connectivity index (χ3n) is 3.24. The summed E-state index contributed by atoms with van der Waals surface area (Å²) in [6, 6.07) is 1.92. The largest absolute Gasteiger partial charge is 0.349 e. The van der Waals surface area contributed by atoms with Crippen LogP contribution in [0.25, 0.3) is 10.3 Å². The van der Waals surface area contributed by atoms with E-state index < -0.39 is 0 Å². The number of aromatic nitrogens is 2. The molecule has 0 spiro atoms. The van der Waals surface area contributed by atoms with E-state index in [1.807, 2.05) is 6.07 Å². The second-order valence-electron chi connectivity index (χ2n) is 4.45. The van der Waals surface area contributed by atoms with Crippen molar-refractivity contribution in [2.24, 2.45) is 0 Å². The number of fused-ring (bicyclic) bond motifs is 3. The molecule has 82 valence electrons. The van der Waals surface area contributed by atoms with Gasteiger partial charge in [-0.3, -0.25) is 4.79 Å². The smallest absolute Gasteiger partial charge is 0.268 e. The van der Waals surface area contributed by atoms with Crippen LogP contribution in [0.4, 0.5) is 0 Å². The summed E-state index contributed by atoms with van der Waals surface area (Å²) in [5.74, 6) is 0.732. The molecule has 16 heavy (non-hydrogen) atoms. The number of amides is 1. The summed E-state index contributed by atoms with van der Waals surface area (Å²) < 4.78 is 2.11. The lowest BCUT2D eigenvalue weighted by Gasteiger charge is -2.15. The van der Waals surface area contributed by atoms with Crippen LogP contribution in [0.3, 0.4) is 0 Å². The van der Waals surface area contributed by atoms with E-state index in [1.165, 1.54) is 22.7 Å². The van der Waals surface area contributed by atoms with Crippen molar-refractivity contribution < 1.29 is 4.79 Å². The van der Waals surface area contributed by atoms with Crippen molar-refractivity contribution in [2.75, 3.05) is 6.54 Å². The van der Waals surface area contributed by atoms with E-state index >= 15 is 0 Å². The standard InChI is InChI=1S/C11H11N3OS/c15-9-8-5-7-11(14(8)4-3-12-9)16-10(13-7)6-1-2-6/h5-6H,1-4H2,(H,12,15). The van der Waals surface area contributed by atoms with E-state index in [4.69, 9.17) is 0 Å². The van der Waals surface area contributed by atoms with Crippen molar-refractivity contribution in [3.05, 3.63) is 16.8 Å². The molecule has 1 N–H and O–H groups in total. The average Bonchev–Trinajstić information content (AvgIpc) is 2.94. The average molecular weight is 233 g/mol. The van der Waals surface area contributed by atoms with Gasteiger partial charge in [0.15, 0.2) is 0 Å². The SMILES string of the molecule is O=C1NCCn2c1cc1nc(C3CC3)sc12. The van der Waals surface area contributed by atoms with Gasteiger partial charge in [0.05, 0.1) is 5.01 Å². The molecule has 2 aliphatic rings. The summed E-state index contributed by atoms with van der Waals surface area (Å²) in [5.41, 5.74) is 1.77. The first-order valence-corrected chi connectivity index (χ1v) is 6.43. The van der Waals surface area contributed by atoms with Crippen LogP contribution in [0.5, 0.6) is 0 Å². The maximum absolute atomic E-state index is 11.6. The van der Waals surface area contributed by atoms with Crippen LogP contribution < -0.4 is 5.32 Å². The number of rotatable bonds is 1. The van der Waals surface area contributed by atoms with Crippen LogP contribution in [0, 0.1) is 0 Å². The number of nitrogens with one attached hydrogen (secondary N) is 1. The molecule has 0 atom stereocenters. The van der Waals surface area contributed by atoms with Crippen molar-refractivity contribution in [3.63, 3.8) is 0 Å². The third kappa shape index (κ3) is 1.09. The van der Waals surface area contributed by atoms with Gasteiger partial charge in [0.1, 0.15) is 16.0 Å². The molecule has 2 aromatic rings. The zero-order chi connectivity index (χ0) is 10.7. The van der Waals surface area contributed by atoms with Gasteiger partial charge in [-0.1, -0.05) is 0 Å². The molecule has 1 amide bonds. The van der Waals surface area contributed by atoms with Crippen LogP contribution in [0.15, 0.2) is 6.07 Å². The molecule has 0 aromatic carbocycles. The van der Waals surface area contributed by atoms with Crippen LogP contribution in [-0.2, 0) is 6.54 Å². The van der Waals surface area contributed by atoms with E-state index in [2.05, 4.69) is 14.9 Å². The minimum Gasteiger partial charge on any atom is -0.349 e. The summed E-state index contributed by atoms with van der Waals surface area (Å²) in [5, 5.41) is 4.11. The third-order valence-corrected chi connectivity index (χ3v) is 4.50. The Balaban J connectivity index is 1.93. The monoisotopic (exact) mass is 233 g/mol. The van der Waals surface area contributed by atoms with Gasteiger partial charge < -0.3 is 9.88 Å². The van der Waals surface area contributed by atoms with Crippen LogP contribution in [0.2, 0.25) is 0 Å². The Morgan fingerprint density at radius 3 is 3.19 bits per heavy atom. The topological polar surface area (TPSA) is 46.9 Å². The lowest BCUT2D eigenvalue weighted by atomic mass is 10.3. The van der Waals surface area contributed by atoms with Gasteiger partial charge in [0.2, 0.25) is 0 Å². The minimum absolute atomic E-state index is 0.0319. The Hall–Kier alpha value is -1.36. The highest BCUT2D eigenvalue weighted by Gasteiger charge is 2.29. The van der Waals surface area contributed by atoms with Crippen LogP contribution >= 0.6 is 11.3 Å². The summed E-state index contributed by atoms with van der Waals surface area (Å²) in [6.45, 7) is 1.60. The molecular formula is C11H11N3OS. The lowest BCUT2D eigenvalue weighted by molar-refractivity contribution is 0.0929. The Morgan fingerprint density at radius 2 is 2.38 bits per heavy atom. The van der Waals surface area contributed by atoms with E-state index in [0.717, 1.165) is 24.3 Å². The van der Waals surface area contributed by atoms with Crippen molar-refractivity contribution >= 4 is 27.6 Å². The Kier molecular flexibility index (Phi) is 1.56. The fourth-order valence-corrected chi connectivity index (χ4v) is 3.49. The Morgan fingerprint density at radius 1 is 1.50 bits per heavy atom. The highest BCUT2D eigenvalue weighted by molar-refractivity contribution is 7.18. The molecule has 1 saturated carbocycles. The molecule has 1 fully saturated rings. The van der Waals surface area contributed by atoms with Crippen molar-refractivity contribution in [1.29, 1.82) is 0 Å². The molecule has 0 radical (unpaired) electrons. The van der Waals surface area contributed by atoms with E-state index in [1.54, 1.807) is 11.3 Å². The molecular weight excluding hydrogens is 222 g/mol. The quantitative estimate of drug-likeness (QED) is 0.815. The zero-order valence-corrected chi connectivity index (χ0v) is 9.51. The van der Waals surface area contributed by atoms with Crippen LogP contribution in [0.1, 0.15) is 34.3 Å². The summed E-state index contributed by atoms with van der Waals surface area (Å²) in [4.78, 5) is 17.4. The minimum atomic E-state index is 0.0319. The second kappa shape index (κ2) is 2.85. The summed E-state index contributed by atoms with van der Waals surface area (Å²) in [7, 11) is 0. The predicted octanol–water partition coefficient (Wildman–Crippen LogP) is 1.72. The van der Waals surface area contributed by atoms with Crippen LogP contribution in [-0.4, -0.2) is 22.0 Å². The molecule has 1 aliphatic heterocycles. The van der Waals surface area contributed by atoms with Gasteiger partial charge in [0, 0.05) is 19.0 Å². The van der Waals surface area contributed by atoms with Gasteiger partial charge in [0.25, 0.3) is 5.91 Å². The molecule has 3 heterocycles. The second-order valence-corrected chi connectivity index (χ2v) is 5.46. The normalized spacial score (nSPS) is 19.9. The van der Waals surface area contributed by atoms with Gasteiger partial charge >= 0.3 is 0 Å². The first-order valence-electron chi connectivity index (χ1n) is 5.61. The molecule has 1 aliphatic carbocycles. The van der Waals surface area contributed by atoms with E-state index in [9.17, 15) is 4.79 Å². The number of carbonyl (C=O) groups excluding carboxylic acids is 1. The van der Waals surface area contributed by atoms with E-state index in [0.29, 0.717) is 5.92 Å². The molecule has 0 bridgehead atoms. The molecule has 2 aromatic heterocycles. The Bertz CT molecular complexity index is 594. The summed E-state index contributed by atoms with van der Waals surface area (Å²) >= 11 is 1.76. The number of hydrogen-bond donors (Lipinski definition) is 1. The van der Waals surface area contributed by atoms with Crippen molar-refractivity contribution in [3.8, 4) is 0 Å². The fourth-order valence-electron chi connectivity index (χ4n) is 2.23. The number of thiazole rings is 1. The van der Waals surface area contributed by atoms with Gasteiger partial charge in [-0.15, -0.1) is 11.3 Å². The van der Waals surface area contributed by atoms with Crippen molar-refractivity contribution in [2.45, 2.75) is 25.3 Å². The van der Waals surface area contributed by atoms with Gasteiger partial charge in [-0.2, -0.15) is 0 Å². The molecule has 5 heteroatoms. The van der Waals surface area contributed by atoms with Gasteiger partial charge in [-0.25, -0.2) is 4.98 Å². The fraction of sp³-hybridized carbons (Fsp3) is 0.455. The maximum atomic E-state index is 11.6. The number of nitrogens with zero attached hydrogens (tertiary/aromatic N) is 2. The zero-order valence-electron chi connectivity index (χ0n) is 8.69. The number of carbonyl (C=O) groups is 1. The highest BCUT2D eigenvalue weighted by Crippen LogP contribution is 2.43. The first-order chi connectivity index (χ1) is 7.83. The molecule has 0 unspecified atom stereocenters. The van der Waals surface area contributed by atoms with Gasteiger partial charge in [-0.05, 0) is 18.9 Å². The van der Waals surface area contributed by atoms with E-state index in [-0.39, 0.29) is 5.91 Å². The van der Waals surface area contributed by atoms with Crippen molar-refractivity contribution in [1.82, 2.24) is 14.9 Å². The Labute approximate surface area is 96.3 Å². The molecule has 0 saturated heterocycles. The number of hydrogen-bond acceptors (Lipinski definition) is 3. The first kappa shape index (κ1) is 8.75. The maximum Gasteiger partial charge on any atom is 0.268 e. The highest BCUT2D eigenvalue weighted by atomic mass is 32.1. The lowest BCUT2D eigenvalue weighted by Crippen LogP contribution is -2.34.